The van der Waals surface area contributed by atoms with E-state index in [9.17, 15) is 4.39 Å². The molecule has 0 unspecified atom stereocenters. The number of hydrogen-bond donors (Lipinski definition) is 3. The molecule has 4 N–H and O–H groups in total. The highest BCUT2D eigenvalue weighted by atomic mass is 19.1. The molecule has 0 aromatic heterocycles. The zero-order valence-corrected chi connectivity index (χ0v) is 10.1. The lowest BCUT2D eigenvalue weighted by molar-refractivity contribution is 0.299. The maximum Gasteiger partial charge on any atom is 0.136 e. The topological polar surface area (TPSA) is 73.3 Å². The summed E-state index contributed by atoms with van der Waals surface area (Å²) in [6.45, 7) is 4.21. The second-order valence-corrected chi connectivity index (χ2v) is 4.06. The molecule has 17 heavy (non-hydrogen) atoms. The zero-order chi connectivity index (χ0) is 13.0. The molecule has 0 saturated carbocycles. The first-order chi connectivity index (χ1) is 7.99. The molecule has 0 heterocycles. The van der Waals surface area contributed by atoms with Gasteiger partial charge in [0.2, 0.25) is 0 Å². The van der Waals surface area contributed by atoms with E-state index in [1.54, 1.807) is 12.1 Å². The summed E-state index contributed by atoms with van der Waals surface area (Å²) in [6.07, 6.45) is 0. The van der Waals surface area contributed by atoms with Crippen molar-refractivity contribution < 1.29 is 9.50 Å². The second-order valence-electron chi connectivity index (χ2n) is 4.06. The molecule has 0 spiro atoms. The number of aliphatic hydroxyl groups excluding tert-OH is 1. The number of rotatable bonds is 5. The fraction of sp³-hybridized carbons (Fsp3) is 0.417. The van der Waals surface area contributed by atoms with Crippen LogP contribution in [0.25, 0.3) is 0 Å². The molecule has 0 radical (unpaired) electrons. The minimum Gasteiger partial charge on any atom is -0.395 e. The quantitative estimate of drug-likeness (QED) is 0.536. The Kier molecular flexibility index (Phi) is 4.45. The van der Waals surface area contributed by atoms with Gasteiger partial charge in [-0.3, -0.25) is 5.41 Å². The van der Waals surface area contributed by atoms with Crippen LogP contribution in [0.4, 0.5) is 10.1 Å². The first-order valence-corrected chi connectivity index (χ1v) is 5.49. The lowest BCUT2D eigenvalue weighted by Gasteiger charge is -2.30. The molecule has 5 heteroatoms. The van der Waals surface area contributed by atoms with E-state index in [1.165, 1.54) is 6.07 Å². The molecule has 4 nitrogen and oxygen atoms in total. The van der Waals surface area contributed by atoms with E-state index in [4.69, 9.17) is 16.2 Å². The van der Waals surface area contributed by atoms with Crippen molar-refractivity contribution in [3.63, 3.8) is 0 Å². The van der Waals surface area contributed by atoms with Gasteiger partial charge in [0.1, 0.15) is 11.7 Å². The highest BCUT2D eigenvalue weighted by molar-refractivity contribution is 6.00. The van der Waals surface area contributed by atoms with Crippen molar-refractivity contribution in [3.05, 3.63) is 29.6 Å². The summed E-state index contributed by atoms with van der Waals surface area (Å²) >= 11 is 0. The molecule has 1 rings (SSSR count). The summed E-state index contributed by atoms with van der Waals surface area (Å²) in [5.74, 6) is -0.819. The molecule has 0 aliphatic carbocycles. The van der Waals surface area contributed by atoms with E-state index in [0.717, 1.165) is 0 Å². The Morgan fingerprint density at radius 1 is 1.53 bits per heavy atom. The minimum atomic E-state index is -0.515. The normalized spacial score (nSPS) is 10.6. The van der Waals surface area contributed by atoms with E-state index < -0.39 is 5.82 Å². The van der Waals surface area contributed by atoms with Gasteiger partial charge in [-0.1, -0.05) is 6.07 Å². The van der Waals surface area contributed by atoms with Crippen molar-refractivity contribution in [3.8, 4) is 0 Å². The van der Waals surface area contributed by atoms with Crippen LogP contribution in [0.3, 0.4) is 0 Å². The molecule has 0 aliphatic rings. The van der Waals surface area contributed by atoms with Crippen LogP contribution in [0.1, 0.15) is 19.4 Å². The number of anilines is 1. The molecular weight excluding hydrogens is 221 g/mol. The van der Waals surface area contributed by atoms with E-state index in [1.807, 2.05) is 18.7 Å². The van der Waals surface area contributed by atoms with Gasteiger partial charge in [0.15, 0.2) is 0 Å². The molecule has 0 amide bonds. The Morgan fingerprint density at radius 3 is 2.65 bits per heavy atom. The number of nitrogen functional groups attached to an aromatic ring is 1. The summed E-state index contributed by atoms with van der Waals surface area (Å²) in [5, 5.41) is 16.5. The van der Waals surface area contributed by atoms with Gasteiger partial charge in [-0.25, -0.2) is 4.39 Å². The Hall–Kier alpha value is -1.62. The number of nitrogens with zero attached hydrogens (tertiary/aromatic N) is 1. The highest BCUT2D eigenvalue weighted by Gasteiger charge is 2.18. The predicted octanol–water partition coefficient (Wildman–Crippen LogP) is 1.32. The van der Waals surface area contributed by atoms with Gasteiger partial charge in [0, 0.05) is 12.6 Å². The number of nitrogens with two attached hydrogens (primary N) is 1. The van der Waals surface area contributed by atoms with Gasteiger partial charge in [0.05, 0.1) is 17.9 Å². The first-order valence-electron chi connectivity index (χ1n) is 5.49. The summed E-state index contributed by atoms with van der Waals surface area (Å²) < 4.78 is 13.7. The molecule has 0 aliphatic heterocycles. The molecule has 0 fully saturated rings. The van der Waals surface area contributed by atoms with Crippen LogP contribution in [0, 0.1) is 11.2 Å². The molecule has 0 saturated heterocycles. The second kappa shape index (κ2) is 5.63. The minimum absolute atomic E-state index is 0.0357. The average molecular weight is 239 g/mol. The van der Waals surface area contributed by atoms with Crippen LogP contribution in [-0.2, 0) is 0 Å². The Labute approximate surface area is 100 Å². The first kappa shape index (κ1) is 13.4. The molecule has 1 aromatic rings. The summed E-state index contributed by atoms with van der Waals surface area (Å²) in [6, 6.07) is 4.64. The van der Waals surface area contributed by atoms with Crippen molar-refractivity contribution in [2.24, 2.45) is 5.73 Å². The van der Waals surface area contributed by atoms with Crippen LogP contribution >= 0.6 is 0 Å². The Balaban J connectivity index is 3.27. The fourth-order valence-corrected chi connectivity index (χ4v) is 1.78. The third kappa shape index (κ3) is 2.94. The van der Waals surface area contributed by atoms with Crippen LogP contribution in [0.2, 0.25) is 0 Å². The zero-order valence-electron chi connectivity index (χ0n) is 10.1. The van der Waals surface area contributed by atoms with Gasteiger partial charge < -0.3 is 15.7 Å². The van der Waals surface area contributed by atoms with Gasteiger partial charge >= 0.3 is 0 Å². The Morgan fingerprint density at radius 2 is 2.18 bits per heavy atom. The van der Waals surface area contributed by atoms with E-state index in [-0.39, 0.29) is 24.0 Å². The average Bonchev–Trinajstić information content (AvgIpc) is 2.24. The number of nitrogens with one attached hydrogen (secondary N) is 1. The van der Waals surface area contributed by atoms with Gasteiger partial charge in [-0.05, 0) is 26.0 Å². The standard InChI is InChI=1S/C12H18FN3O/c1-8(2)16(6-7-17)10-5-3-4-9(13)11(10)12(14)15/h3-5,8,17H,6-7H2,1-2H3,(H3,14,15). The van der Waals surface area contributed by atoms with Gasteiger partial charge in [-0.15, -0.1) is 0 Å². The van der Waals surface area contributed by atoms with Crippen molar-refractivity contribution in [1.29, 1.82) is 5.41 Å². The molecule has 0 bridgehead atoms. The smallest absolute Gasteiger partial charge is 0.136 e. The number of benzene rings is 1. The number of hydrogen-bond acceptors (Lipinski definition) is 3. The van der Waals surface area contributed by atoms with Crippen LogP contribution in [-0.4, -0.2) is 30.1 Å². The van der Waals surface area contributed by atoms with Crippen LogP contribution in [0.15, 0.2) is 18.2 Å². The fourth-order valence-electron chi connectivity index (χ4n) is 1.78. The molecule has 0 atom stereocenters. The highest BCUT2D eigenvalue weighted by Crippen LogP contribution is 2.24. The van der Waals surface area contributed by atoms with Crippen molar-refractivity contribution in [2.45, 2.75) is 19.9 Å². The molecule has 94 valence electrons. The monoisotopic (exact) mass is 239 g/mol. The summed E-state index contributed by atoms with van der Waals surface area (Å²) in [7, 11) is 0. The lowest BCUT2D eigenvalue weighted by Crippen LogP contribution is -2.35. The van der Waals surface area contributed by atoms with Gasteiger partial charge in [-0.2, -0.15) is 0 Å². The number of aliphatic hydroxyl groups is 1. The molecular formula is C12H18FN3O. The van der Waals surface area contributed by atoms with E-state index >= 15 is 0 Å². The van der Waals surface area contributed by atoms with Crippen LogP contribution < -0.4 is 10.6 Å². The summed E-state index contributed by atoms with van der Waals surface area (Å²) in [5.41, 5.74) is 6.04. The Bertz CT molecular complexity index is 407. The van der Waals surface area contributed by atoms with Gasteiger partial charge in [0.25, 0.3) is 0 Å². The van der Waals surface area contributed by atoms with Crippen molar-refractivity contribution in [1.82, 2.24) is 0 Å². The maximum absolute atomic E-state index is 13.7. The van der Waals surface area contributed by atoms with E-state index in [2.05, 4.69) is 0 Å². The number of halogens is 1. The maximum atomic E-state index is 13.7. The van der Waals surface area contributed by atoms with Crippen LogP contribution in [0.5, 0.6) is 0 Å². The SMILES string of the molecule is CC(C)N(CCO)c1cccc(F)c1C(=N)N. The lowest BCUT2D eigenvalue weighted by atomic mass is 10.1. The van der Waals surface area contributed by atoms with E-state index in [0.29, 0.717) is 12.2 Å². The molecule has 1 aromatic carbocycles. The third-order valence-corrected chi connectivity index (χ3v) is 2.53. The summed E-state index contributed by atoms with van der Waals surface area (Å²) in [4.78, 5) is 1.82. The number of amidine groups is 1. The predicted molar refractivity (Wildman–Crippen MR) is 67.0 cm³/mol. The van der Waals surface area contributed by atoms with Crippen molar-refractivity contribution >= 4 is 11.5 Å². The largest absolute Gasteiger partial charge is 0.395 e. The van der Waals surface area contributed by atoms with Crippen molar-refractivity contribution in [2.75, 3.05) is 18.1 Å². The third-order valence-electron chi connectivity index (χ3n) is 2.53.